The third kappa shape index (κ3) is 1.56. The molecule has 1 aliphatic heterocycles. The second-order valence-electron chi connectivity index (χ2n) is 4.41. The average Bonchev–Trinajstić information content (AvgIpc) is 2.76. The molecule has 1 aromatic rings. The number of nitrogens with two attached hydrogens (primary N) is 1. The lowest BCUT2D eigenvalue weighted by Crippen LogP contribution is -2.33. The van der Waals surface area contributed by atoms with Crippen LogP contribution in [0, 0.1) is 11.8 Å². The van der Waals surface area contributed by atoms with Crippen LogP contribution in [0.2, 0.25) is 0 Å². The predicted molar refractivity (Wildman–Crippen MR) is 61.9 cm³/mol. The van der Waals surface area contributed by atoms with Crippen molar-refractivity contribution in [3.8, 4) is 0 Å². The van der Waals surface area contributed by atoms with Crippen LogP contribution < -0.4 is 10.6 Å². The van der Waals surface area contributed by atoms with Crippen LogP contribution in [-0.4, -0.2) is 21.6 Å². The summed E-state index contributed by atoms with van der Waals surface area (Å²) in [5.41, 5.74) is 6.29. The number of nitrogens with zero attached hydrogens (tertiary/aromatic N) is 3. The molecular formula is C11H16N4O2. The van der Waals surface area contributed by atoms with Gasteiger partial charge in [-0.15, -0.1) is 0 Å². The Hall–Kier alpha value is -1.69. The van der Waals surface area contributed by atoms with Crippen molar-refractivity contribution in [2.24, 2.45) is 24.6 Å². The molecule has 0 saturated carbocycles. The second-order valence-corrected chi connectivity index (χ2v) is 4.41. The first-order valence-electron chi connectivity index (χ1n) is 5.57. The normalized spacial score (nSPS) is 24.8. The standard InChI is InChI=1S/C11H16N4O2/c1-6-7(2)11(17)15(10(6)16)9-8(4-12)5-13-14(9)3/h5-7H,4,12H2,1-3H3. The van der Waals surface area contributed by atoms with Crippen LogP contribution in [0.25, 0.3) is 0 Å². The SMILES string of the molecule is CC1C(=O)N(c2c(CN)cnn2C)C(=O)C1C. The quantitative estimate of drug-likeness (QED) is 0.734. The summed E-state index contributed by atoms with van der Waals surface area (Å²) in [6.45, 7) is 3.79. The van der Waals surface area contributed by atoms with Gasteiger partial charge in [0.2, 0.25) is 11.8 Å². The average molecular weight is 236 g/mol. The van der Waals surface area contributed by atoms with Gasteiger partial charge in [-0.25, -0.2) is 4.90 Å². The van der Waals surface area contributed by atoms with E-state index in [0.717, 1.165) is 0 Å². The highest BCUT2D eigenvalue weighted by atomic mass is 16.2. The largest absolute Gasteiger partial charge is 0.326 e. The van der Waals surface area contributed by atoms with E-state index in [1.165, 1.54) is 9.58 Å². The predicted octanol–water partition coefficient (Wildman–Crippen LogP) is 0.0242. The maximum absolute atomic E-state index is 12.1. The zero-order valence-electron chi connectivity index (χ0n) is 10.2. The zero-order valence-corrected chi connectivity index (χ0v) is 10.2. The highest BCUT2D eigenvalue weighted by molar-refractivity contribution is 6.21. The Morgan fingerprint density at radius 2 is 1.82 bits per heavy atom. The third-order valence-electron chi connectivity index (χ3n) is 3.38. The van der Waals surface area contributed by atoms with E-state index in [4.69, 9.17) is 5.73 Å². The van der Waals surface area contributed by atoms with Gasteiger partial charge in [-0.05, 0) is 0 Å². The van der Waals surface area contributed by atoms with Gasteiger partial charge in [0.1, 0.15) is 5.82 Å². The van der Waals surface area contributed by atoms with Gasteiger partial charge in [0.05, 0.1) is 6.20 Å². The van der Waals surface area contributed by atoms with E-state index in [9.17, 15) is 9.59 Å². The van der Waals surface area contributed by atoms with Gasteiger partial charge in [-0.1, -0.05) is 13.8 Å². The van der Waals surface area contributed by atoms with Gasteiger partial charge in [0.25, 0.3) is 0 Å². The molecule has 0 spiro atoms. The minimum Gasteiger partial charge on any atom is -0.326 e. The Labute approximate surface area is 99.4 Å². The lowest BCUT2D eigenvalue weighted by molar-refractivity contribution is -0.122. The summed E-state index contributed by atoms with van der Waals surface area (Å²) in [4.78, 5) is 25.3. The lowest BCUT2D eigenvalue weighted by Gasteiger charge is -2.16. The molecule has 1 aromatic heterocycles. The highest BCUT2D eigenvalue weighted by Crippen LogP contribution is 2.31. The number of imide groups is 1. The topological polar surface area (TPSA) is 81.2 Å². The first-order chi connectivity index (χ1) is 7.99. The number of aryl methyl sites for hydroxylation is 1. The summed E-state index contributed by atoms with van der Waals surface area (Å²) in [6.07, 6.45) is 1.59. The minimum atomic E-state index is -0.289. The number of carbonyl (C=O) groups excluding carboxylic acids is 2. The molecule has 1 fully saturated rings. The molecule has 2 atom stereocenters. The fraction of sp³-hybridized carbons (Fsp3) is 0.545. The second kappa shape index (κ2) is 3.96. The fourth-order valence-corrected chi connectivity index (χ4v) is 2.06. The fourth-order valence-electron chi connectivity index (χ4n) is 2.06. The van der Waals surface area contributed by atoms with Gasteiger partial charge < -0.3 is 5.73 Å². The smallest absolute Gasteiger partial charge is 0.238 e. The molecule has 1 saturated heterocycles. The van der Waals surface area contributed by atoms with Crippen molar-refractivity contribution in [3.05, 3.63) is 11.8 Å². The lowest BCUT2D eigenvalue weighted by atomic mass is 10.00. The number of anilines is 1. The molecule has 6 heteroatoms. The van der Waals surface area contributed by atoms with Crippen molar-refractivity contribution < 1.29 is 9.59 Å². The summed E-state index contributed by atoms with van der Waals surface area (Å²) >= 11 is 0. The van der Waals surface area contributed by atoms with E-state index in [-0.39, 0.29) is 30.2 Å². The van der Waals surface area contributed by atoms with Crippen LogP contribution >= 0.6 is 0 Å². The zero-order chi connectivity index (χ0) is 12.7. The first kappa shape index (κ1) is 11.8. The molecule has 92 valence electrons. The molecule has 17 heavy (non-hydrogen) atoms. The Kier molecular flexibility index (Phi) is 2.74. The summed E-state index contributed by atoms with van der Waals surface area (Å²) in [6, 6.07) is 0. The van der Waals surface area contributed by atoms with E-state index in [1.807, 2.05) is 0 Å². The first-order valence-corrected chi connectivity index (χ1v) is 5.57. The summed E-state index contributed by atoms with van der Waals surface area (Å²) in [7, 11) is 1.70. The van der Waals surface area contributed by atoms with Crippen molar-refractivity contribution in [2.45, 2.75) is 20.4 Å². The molecule has 0 radical (unpaired) electrons. The maximum atomic E-state index is 12.1. The van der Waals surface area contributed by atoms with E-state index < -0.39 is 0 Å². The van der Waals surface area contributed by atoms with Crippen LogP contribution in [0.3, 0.4) is 0 Å². The Balaban J connectivity index is 2.50. The molecular weight excluding hydrogens is 220 g/mol. The van der Waals surface area contributed by atoms with Gasteiger partial charge >= 0.3 is 0 Å². The summed E-state index contributed by atoms with van der Waals surface area (Å²) in [5.74, 6) is -0.439. The number of aromatic nitrogens is 2. The van der Waals surface area contributed by atoms with Crippen LogP contribution in [0.1, 0.15) is 19.4 Å². The molecule has 0 aliphatic carbocycles. The van der Waals surface area contributed by atoms with Crippen molar-refractivity contribution in [1.29, 1.82) is 0 Å². The molecule has 2 amide bonds. The van der Waals surface area contributed by atoms with Crippen molar-refractivity contribution in [2.75, 3.05) is 4.90 Å². The monoisotopic (exact) mass is 236 g/mol. The van der Waals surface area contributed by atoms with Crippen molar-refractivity contribution >= 4 is 17.6 Å². The highest BCUT2D eigenvalue weighted by Gasteiger charge is 2.44. The molecule has 0 bridgehead atoms. The van der Waals surface area contributed by atoms with Gasteiger partial charge in [-0.3, -0.25) is 14.3 Å². The number of rotatable bonds is 2. The Morgan fingerprint density at radius 3 is 2.29 bits per heavy atom. The molecule has 6 nitrogen and oxygen atoms in total. The number of amides is 2. The number of hydrogen-bond donors (Lipinski definition) is 1. The summed E-state index contributed by atoms with van der Waals surface area (Å²) in [5, 5.41) is 4.04. The van der Waals surface area contributed by atoms with Gasteiger partial charge in [0, 0.05) is 31.0 Å². The molecule has 2 rings (SSSR count). The number of carbonyl (C=O) groups is 2. The molecule has 2 heterocycles. The molecule has 2 unspecified atom stereocenters. The Bertz CT molecular complexity index is 460. The minimum absolute atomic E-state index is 0.180. The molecule has 0 aromatic carbocycles. The van der Waals surface area contributed by atoms with Crippen LogP contribution in [0.4, 0.5) is 5.82 Å². The Morgan fingerprint density at radius 1 is 1.29 bits per heavy atom. The third-order valence-corrected chi connectivity index (χ3v) is 3.38. The van der Waals surface area contributed by atoms with Crippen LogP contribution in [0.5, 0.6) is 0 Å². The van der Waals surface area contributed by atoms with E-state index in [2.05, 4.69) is 5.10 Å². The summed E-state index contributed by atoms with van der Waals surface area (Å²) < 4.78 is 1.52. The van der Waals surface area contributed by atoms with Gasteiger partial charge in [0.15, 0.2) is 0 Å². The maximum Gasteiger partial charge on any atom is 0.238 e. The van der Waals surface area contributed by atoms with E-state index >= 15 is 0 Å². The van der Waals surface area contributed by atoms with Crippen molar-refractivity contribution in [1.82, 2.24) is 9.78 Å². The van der Waals surface area contributed by atoms with E-state index in [0.29, 0.717) is 11.4 Å². The van der Waals surface area contributed by atoms with E-state index in [1.54, 1.807) is 27.1 Å². The van der Waals surface area contributed by atoms with Gasteiger partial charge in [-0.2, -0.15) is 5.10 Å². The van der Waals surface area contributed by atoms with Crippen molar-refractivity contribution in [3.63, 3.8) is 0 Å². The van der Waals surface area contributed by atoms with Crippen LogP contribution in [0.15, 0.2) is 6.20 Å². The number of hydrogen-bond acceptors (Lipinski definition) is 4. The molecule has 2 N–H and O–H groups in total. The van der Waals surface area contributed by atoms with Crippen LogP contribution in [-0.2, 0) is 23.2 Å². The molecule has 1 aliphatic rings.